The van der Waals surface area contributed by atoms with Gasteiger partial charge in [0.1, 0.15) is 11.4 Å². The molecule has 4 rings (SSSR count). The average Bonchev–Trinajstić information content (AvgIpc) is 2.94. The van der Waals surface area contributed by atoms with Gasteiger partial charge in [-0.15, -0.1) is 0 Å². The first-order valence-corrected chi connectivity index (χ1v) is 9.01. The molecular formula is C21H17N5O3. The predicted octanol–water partition coefficient (Wildman–Crippen LogP) is 2.12. The van der Waals surface area contributed by atoms with Crippen molar-refractivity contribution >= 4 is 29.1 Å². The van der Waals surface area contributed by atoms with Crippen molar-refractivity contribution in [1.29, 1.82) is 0 Å². The van der Waals surface area contributed by atoms with Gasteiger partial charge in [-0.25, -0.2) is 0 Å². The summed E-state index contributed by atoms with van der Waals surface area (Å²) in [7, 11) is 0. The predicted molar refractivity (Wildman–Crippen MR) is 107 cm³/mol. The fourth-order valence-corrected chi connectivity index (χ4v) is 3.12. The van der Waals surface area contributed by atoms with E-state index < -0.39 is 5.91 Å². The second-order valence-corrected chi connectivity index (χ2v) is 6.30. The van der Waals surface area contributed by atoms with Gasteiger partial charge in [0.2, 0.25) is 0 Å². The van der Waals surface area contributed by atoms with Crippen LogP contribution in [0.1, 0.15) is 31.3 Å². The normalized spacial score (nSPS) is 13.1. The number of hydrogen-bond acceptors (Lipinski definition) is 5. The number of fused-ring (bicyclic) bond motifs is 1. The van der Waals surface area contributed by atoms with Gasteiger partial charge < -0.3 is 15.5 Å². The fourth-order valence-electron chi connectivity index (χ4n) is 3.12. The number of hydrogen-bond donors (Lipinski definition) is 2. The molecular weight excluding hydrogens is 370 g/mol. The largest absolute Gasteiger partial charge is 0.350 e. The van der Waals surface area contributed by atoms with Crippen LogP contribution < -0.4 is 15.5 Å². The molecule has 2 N–H and O–H groups in total. The molecule has 1 aliphatic rings. The van der Waals surface area contributed by atoms with E-state index >= 15 is 0 Å². The van der Waals surface area contributed by atoms with Crippen LogP contribution in [0.25, 0.3) is 0 Å². The number of nitrogens with zero attached hydrogens (tertiary/aromatic N) is 3. The lowest BCUT2D eigenvalue weighted by Crippen LogP contribution is -2.36. The first kappa shape index (κ1) is 18.3. The molecule has 0 saturated carbocycles. The number of nitrogens with one attached hydrogen (secondary N) is 2. The van der Waals surface area contributed by atoms with Gasteiger partial charge in [0.25, 0.3) is 17.7 Å². The van der Waals surface area contributed by atoms with Gasteiger partial charge in [0.05, 0.1) is 16.9 Å². The molecule has 3 heterocycles. The van der Waals surface area contributed by atoms with Gasteiger partial charge in [-0.2, -0.15) is 0 Å². The molecule has 144 valence electrons. The summed E-state index contributed by atoms with van der Waals surface area (Å²) in [5.74, 6) is -1.11. The van der Waals surface area contributed by atoms with Crippen molar-refractivity contribution in [2.24, 2.45) is 0 Å². The lowest BCUT2D eigenvalue weighted by Gasteiger charge is -2.24. The Kier molecular flexibility index (Phi) is 4.98. The monoisotopic (exact) mass is 387 g/mol. The highest BCUT2D eigenvalue weighted by Gasteiger charge is 2.29. The second kappa shape index (κ2) is 7.89. The third-order valence-corrected chi connectivity index (χ3v) is 4.45. The van der Waals surface area contributed by atoms with Crippen LogP contribution in [-0.2, 0) is 0 Å². The third-order valence-electron chi connectivity index (χ3n) is 4.45. The van der Waals surface area contributed by atoms with Crippen LogP contribution in [0.2, 0.25) is 0 Å². The standard InChI is InChI=1S/C21H17N5O3/c27-19-14-6-5-9-15(25-20(28)16-7-1-3-10-22-16)18(14)26(13-12-24-19)21(29)17-8-2-4-11-23-17/h1-11H,12-13H2,(H,24,27)(H,25,28). The molecule has 0 unspecified atom stereocenters. The summed E-state index contributed by atoms with van der Waals surface area (Å²) < 4.78 is 0. The zero-order valence-electron chi connectivity index (χ0n) is 15.3. The van der Waals surface area contributed by atoms with Crippen molar-refractivity contribution in [3.05, 3.63) is 83.9 Å². The van der Waals surface area contributed by atoms with Gasteiger partial charge >= 0.3 is 0 Å². The molecule has 0 bridgehead atoms. The molecule has 3 amide bonds. The molecule has 1 aromatic carbocycles. The molecule has 8 nitrogen and oxygen atoms in total. The van der Waals surface area contributed by atoms with Crippen LogP contribution in [0, 0.1) is 0 Å². The summed E-state index contributed by atoms with van der Waals surface area (Å²) in [4.78, 5) is 47.9. The molecule has 0 aliphatic carbocycles. The van der Waals surface area contributed by atoms with Gasteiger partial charge in [-0.3, -0.25) is 24.4 Å². The summed E-state index contributed by atoms with van der Waals surface area (Å²) in [6, 6.07) is 15.0. The van der Waals surface area contributed by atoms with E-state index in [-0.39, 0.29) is 36.3 Å². The zero-order valence-corrected chi connectivity index (χ0v) is 15.3. The Morgan fingerprint density at radius 3 is 2.34 bits per heavy atom. The van der Waals surface area contributed by atoms with Gasteiger partial charge in [-0.1, -0.05) is 18.2 Å². The highest BCUT2D eigenvalue weighted by Crippen LogP contribution is 2.32. The lowest BCUT2D eigenvalue weighted by atomic mass is 10.1. The maximum Gasteiger partial charge on any atom is 0.277 e. The molecule has 0 radical (unpaired) electrons. The Balaban J connectivity index is 1.77. The van der Waals surface area contributed by atoms with Crippen molar-refractivity contribution < 1.29 is 14.4 Å². The highest BCUT2D eigenvalue weighted by atomic mass is 16.2. The summed E-state index contributed by atoms with van der Waals surface area (Å²) in [5.41, 5.74) is 1.46. The van der Waals surface area contributed by atoms with E-state index in [0.717, 1.165) is 0 Å². The maximum atomic E-state index is 13.1. The number of anilines is 2. The molecule has 0 atom stereocenters. The number of carbonyl (C=O) groups is 3. The number of aromatic nitrogens is 2. The minimum atomic E-state index is -0.436. The van der Waals surface area contributed by atoms with Crippen LogP contribution >= 0.6 is 0 Å². The summed E-state index contributed by atoms with van der Waals surface area (Å²) in [6.07, 6.45) is 3.05. The maximum absolute atomic E-state index is 13.1. The van der Waals surface area contributed by atoms with Crippen LogP contribution in [0.4, 0.5) is 11.4 Å². The van der Waals surface area contributed by atoms with Crippen LogP contribution in [0.3, 0.4) is 0 Å². The Morgan fingerprint density at radius 2 is 1.66 bits per heavy atom. The first-order chi connectivity index (χ1) is 14.1. The number of pyridine rings is 2. The van der Waals surface area contributed by atoms with Crippen LogP contribution in [0.5, 0.6) is 0 Å². The van der Waals surface area contributed by atoms with E-state index in [9.17, 15) is 14.4 Å². The van der Waals surface area contributed by atoms with Gasteiger partial charge in [-0.05, 0) is 36.4 Å². The molecule has 0 fully saturated rings. The molecule has 8 heteroatoms. The average molecular weight is 387 g/mol. The number of benzene rings is 1. The van der Waals surface area contributed by atoms with E-state index in [1.54, 1.807) is 54.6 Å². The minimum absolute atomic E-state index is 0.228. The van der Waals surface area contributed by atoms with Gasteiger partial charge in [0.15, 0.2) is 0 Å². The van der Waals surface area contributed by atoms with E-state index in [2.05, 4.69) is 20.6 Å². The Hall–Kier alpha value is -4.07. The SMILES string of the molecule is O=C(Nc1cccc2c1N(C(=O)c1ccccn1)CCNC2=O)c1ccccn1. The Labute approximate surface area is 166 Å². The number of rotatable bonds is 3. The van der Waals surface area contributed by atoms with Crippen molar-refractivity contribution in [1.82, 2.24) is 15.3 Å². The number of carbonyl (C=O) groups excluding carboxylic acids is 3. The molecule has 0 spiro atoms. The fraction of sp³-hybridized carbons (Fsp3) is 0.0952. The number of para-hydroxylation sites is 1. The van der Waals surface area contributed by atoms with Crippen molar-refractivity contribution in [2.45, 2.75) is 0 Å². The van der Waals surface area contributed by atoms with Crippen molar-refractivity contribution in [2.75, 3.05) is 23.3 Å². The summed E-state index contributed by atoms with van der Waals surface area (Å²) in [6.45, 7) is 0.518. The summed E-state index contributed by atoms with van der Waals surface area (Å²) >= 11 is 0. The molecule has 1 aliphatic heterocycles. The zero-order chi connectivity index (χ0) is 20.2. The Bertz CT molecular complexity index is 1070. The van der Waals surface area contributed by atoms with Crippen LogP contribution in [0.15, 0.2) is 67.0 Å². The molecule has 0 saturated heterocycles. The van der Waals surface area contributed by atoms with Crippen molar-refractivity contribution in [3.8, 4) is 0 Å². The Morgan fingerprint density at radius 1 is 0.931 bits per heavy atom. The van der Waals surface area contributed by atoms with E-state index in [0.29, 0.717) is 16.9 Å². The topological polar surface area (TPSA) is 104 Å². The molecule has 3 aromatic rings. The van der Waals surface area contributed by atoms with E-state index in [4.69, 9.17) is 0 Å². The minimum Gasteiger partial charge on any atom is -0.350 e. The quantitative estimate of drug-likeness (QED) is 0.716. The van der Waals surface area contributed by atoms with Crippen LogP contribution in [-0.4, -0.2) is 40.8 Å². The highest BCUT2D eigenvalue weighted by molar-refractivity contribution is 6.15. The number of amides is 3. The second-order valence-electron chi connectivity index (χ2n) is 6.30. The van der Waals surface area contributed by atoms with Crippen molar-refractivity contribution in [3.63, 3.8) is 0 Å². The first-order valence-electron chi connectivity index (χ1n) is 9.01. The van der Waals surface area contributed by atoms with Gasteiger partial charge in [0, 0.05) is 25.5 Å². The molecule has 2 aromatic heterocycles. The third kappa shape index (κ3) is 3.68. The smallest absolute Gasteiger partial charge is 0.277 e. The van der Waals surface area contributed by atoms with E-state index in [1.165, 1.54) is 17.3 Å². The lowest BCUT2D eigenvalue weighted by molar-refractivity contribution is 0.0952. The van der Waals surface area contributed by atoms with E-state index in [1.807, 2.05) is 0 Å². The summed E-state index contributed by atoms with van der Waals surface area (Å²) in [5, 5.41) is 5.55. The molecule has 29 heavy (non-hydrogen) atoms.